The summed E-state index contributed by atoms with van der Waals surface area (Å²) >= 11 is 0. The van der Waals surface area contributed by atoms with Crippen molar-refractivity contribution in [3.8, 4) is 17.0 Å². The monoisotopic (exact) mass is 478 g/mol. The summed E-state index contributed by atoms with van der Waals surface area (Å²) in [6.07, 6.45) is 10.1. The van der Waals surface area contributed by atoms with Gasteiger partial charge in [-0.2, -0.15) is 4.98 Å². The molecule has 1 aromatic carbocycles. The number of aromatic nitrogens is 5. The van der Waals surface area contributed by atoms with Crippen LogP contribution in [0.2, 0.25) is 0 Å². The first-order chi connectivity index (χ1) is 16.3. The highest BCUT2D eigenvalue weighted by atomic mass is 32.2. The summed E-state index contributed by atoms with van der Waals surface area (Å²) in [5.74, 6) is 1.30. The number of fused-ring (bicyclic) bond motifs is 1. The number of sulfone groups is 1. The van der Waals surface area contributed by atoms with E-state index in [2.05, 4.69) is 24.8 Å². The Morgan fingerprint density at radius 2 is 1.68 bits per heavy atom. The van der Waals surface area contributed by atoms with Gasteiger partial charge in [0, 0.05) is 63.4 Å². The molecule has 0 saturated carbocycles. The average molecular weight is 479 g/mol. The maximum Gasteiger partial charge on any atom is 0.242 e. The molecule has 9 nitrogen and oxygen atoms in total. The second-order valence-corrected chi connectivity index (χ2v) is 10.7. The van der Waals surface area contributed by atoms with E-state index in [1.165, 1.54) is 12.6 Å². The van der Waals surface area contributed by atoms with Gasteiger partial charge in [0.25, 0.3) is 0 Å². The zero-order chi connectivity index (χ0) is 23.9. The summed E-state index contributed by atoms with van der Waals surface area (Å²) in [5.41, 5.74) is 4.41. The summed E-state index contributed by atoms with van der Waals surface area (Å²) < 4.78 is 31.9. The quantitative estimate of drug-likeness (QED) is 0.431. The Hall–Kier alpha value is -3.53. The largest absolute Gasteiger partial charge is 0.473 e. The van der Waals surface area contributed by atoms with Crippen LogP contribution >= 0.6 is 0 Å². The number of piperidine rings is 1. The van der Waals surface area contributed by atoms with Crippen LogP contribution in [0.3, 0.4) is 0 Å². The molecule has 1 fully saturated rings. The van der Waals surface area contributed by atoms with Crippen molar-refractivity contribution in [3.63, 3.8) is 0 Å². The number of hydrogen-bond acceptors (Lipinski definition) is 8. The van der Waals surface area contributed by atoms with E-state index < -0.39 is 9.84 Å². The van der Waals surface area contributed by atoms with E-state index in [1.54, 1.807) is 24.3 Å². The van der Waals surface area contributed by atoms with Crippen molar-refractivity contribution in [1.29, 1.82) is 0 Å². The molecule has 1 aliphatic heterocycles. The fourth-order valence-corrected chi connectivity index (χ4v) is 4.89. The van der Waals surface area contributed by atoms with Gasteiger partial charge in [-0.25, -0.2) is 23.4 Å². The molecule has 176 valence electrons. The van der Waals surface area contributed by atoms with Gasteiger partial charge in [-0.1, -0.05) is 12.1 Å². The smallest absolute Gasteiger partial charge is 0.242 e. The first kappa shape index (κ1) is 22.3. The van der Waals surface area contributed by atoms with Crippen LogP contribution < -0.4 is 9.64 Å². The second-order valence-electron chi connectivity index (χ2n) is 8.69. The Kier molecular flexibility index (Phi) is 5.68. The van der Waals surface area contributed by atoms with Crippen molar-refractivity contribution in [2.75, 3.05) is 24.2 Å². The van der Waals surface area contributed by atoms with E-state index in [0.717, 1.165) is 59.6 Å². The van der Waals surface area contributed by atoms with Crippen molar-refractivity contribution in [2.45, 2.75) is 30.8 Å². The number of anilines is 1. The Bertz CT molecular complexity index is 1420. The van der Waals surface area contributed by atoms with Crippen LogP contribution in [0.5, 0.6) is 5.88 Å². The van der Waals surface area contributed by atoms with Gasteiger partial charge in [0.05, 0.1) is 4.90 Å². The molecule has 34 heavy (non-hydrogen) atoms. The number of ether oxygens (including phenoxy) is 1. The number of hydrogen-bond donors (Lipinski definition) is 0. The van der Waals surface area contributed by atoms with E-state index in [4.69, 9.17) is 4.74 Å². The predicted molar refractivity (Wildman–Crippen MR) is 130 cm³/mol. The maximum atomic E-state index is 11.8. The molecule has 0 spiro atoms. The molecule has 1 aliphatic rings. The highest BCUT2D eigenvalue weighted by molar-refractivity contribution is 7.90. The maximum absolute atomic E-state index is 11.8. The summed E-state index contributed by atoms with van der Waals surface area (Å²) in [5, 5.41) is 0. The van der Waals surface area contributed by atoms with Crippen LogP contribution in [-0.2, 0) is 16.9 Å². The van der Waals surface area contributed by atoms with Crippen LogP contribution in [0.4, 0.5) is 5.95 Å². The molecular weight excluding hydrogens is 452 g/mol. The molecule has 4 aromatic rings. The summed E-state index contributed by atoms with van der Waals surface area (Å²) in [7, 11) is -1.31. The van der Waals surface area contributed by atoms with Gasteiger partial charge in [0.15, 0.2) is 9.84 Å². The van der Waals surface area contributed by atoms with Crippen LogP contribution in [0.25, 0.3) is 22.2 Å². The topological polar surface area (TPSA) is 103 Å². The number of rotatable bonds is 5. The van der Waals surface area contributed by atoms with Crippen molar-refractivity contribution in [2.24, 2.45) is 7.05 Å². The van der Waals surface area contributed by atoms with Crippen LogP contribution in [-0.4, -0.2) is 58.4 Å². The van der Waals surface area contributed by atoms with Crippen LogP contribution in [0, 0.1) is 6.92 Å². The number of nitrogens with zero attached hydrogens (tertiary/aromatic N) is 6. The van der Waals surface area contributed by atoms with E-state index in [9.17, 15) is 8.42 Å². The first-order valence-corrected chi connectivity index (χ1v) is 13.0. The van der Waals surface area contributed by atoms with E-state index in [0.29, 0.717) is 5.88 Å². The van der Waals surface area contributed by atoms with Gasteiger partial charge in [-0.3, -0.25) is 0 Å². The fourth-order valence-electron chi connectivity index (χ4n) is 4.26. The normalized spacial score (nSPS) is 15.1. The summed E-state index contributed by atoms with van der Waals surface area (Å²) in [6.45, 7) is 3.60. The van der Waals surface area contributed by atoms with E-state index in [-0.39, 0.29) is 11.0 Å². The Morgan fingerprint density at radius 1 is 1.00 bits per heavy atom. The molecule has 4 heterocycles. The van der Waals surface area contributed by atoms with Gasteiger partial charge in [-0.05, 0) is 30.2 Å². The van der Waals surface area contributed by atoms with Gasteiger partial charge >= 0.3 is 0 Å². The fraction of sp³-hybridized carbons (Fsp3) is 0.333. The molecule has 0 radical (unpaired) electrons. The molecule has 1 saturated heterocycles. The highest BCUT2D eigenvalue weighted by Gasteiger charge is 2.24. The first-order valence-electron chi connectivity index (χ1n) is 11.1. The molecule has 3 aromatic heterocycles. The zero-order valence-corrected chi connectivity index (χ0v) is 20.2. The molecule has 5 rings (SSSR count). The lowest BCUT2D eigenvalue weighted by atomic mass is 10.1. The third-order valence-electron chi connectivity index (χ3n) is 6.08. The number of aryl methyl sites for hydroxylation is 2. The molecule has 0 aliphatic carbocycles. The SMILES string of the molecule is Cc1cnc(N2CCC(Oc3ncnc4c(-c5ccc(S(C)(=O)=O)cc5)cn(C)c34)CC2)nc1. The third-order valence-corrected chi connectivity index (χ3v) is 7.21. The third kappa shape index (κ3) is 4.33. The number of benzene rings is 1. The van der Waals surface area contributed by atoms with Crippen molar-refractivity contribution < 1.29 is 13.2 Å². The molecule has 0 N–H and O–H groups in total. The lowest BCUT2D eigenvalue weighted by molar-refractivity contribution is 0.165. The van der Waals surface area contributed by atoms with Crippen molar-refractivity contribution in [3.05, 3.63) is 54.7 Å². The zero-order valence-electron chi connectivity index (χ0n) is 19.3. The summed E-state index contributed by atoms with van der Waals surface area (Å²) in [6, 6.07) is 6.84. The lowest BCUT2D eigenvalue weighted by Gasteiger charge is -2.31. The second kappa shape index (κ2) is 8.68. The minimum Gasteiger partial charge on any atom is -0.473 e. The van der Waals surface area contributed by atoms with Gasteiger partial charge in [0.2, 0.25) is 11.8 Å². The van der Waals surface area contributed by atoms with Gasteiger partial charge < -0.3 is 14.2 Å². The Morgan fingerprint density at radius 3 is 2.32 bits per heavy atom. The lowest BCUT2D eigenvalue weighted by Crippen LogP contribution is -2.39. The van der Waals surface area contributed by atoms with Crippen molar-refractivity contribution >= 4 is 26.8 Å². The van der Waals surface area contributed by atoms with Gasteiger partial charge in [-0.15, -0.1) is 0 Å². The molecule has 0 unspecified atom stereocenters. The van der Waals surface area contributed by atoms with Gasteiger partial charge in [0.1, 0.15) is 23.5 Å². The molecule has 0 bridgehead atoms. The molecular formula is C24H26N6O3S. The highest BCUT2D eigenvalue weighted by Crippen LogP contribution is 2.34. The minimum absolute atomic E-state index is 0.0344. The van der Waals surface area contributed by atoms with E-state index in [1.807, 2.05) is 37.1 Å². The Balaban J connectivity index is 1.36. The molecule has 10 heteroatoms. The average Bonchev–Trinajstić information content (AvgIpc) is 3.17. The predicted octanol–water partition coefficient (Wildman–Crippen LogP) is 3.19. The summed E-state index contributed by atoms with van der Waals surface area (Å²) in [4.78, 5) is 20.3. The van der Waals surface area contributed by atoms with Crippen LogP contribution in [0.15, 0.2) is 54.1 Å². The standard InChI is InChI=1S/C24H26N6O3S/c1-16-12-25-24(26-13-16)30-10-8-18(9-11-30)33-23-22-21(27-15-28-23)20(14-29(22)2)17-4-6-19(7-5-17)34(3,31)32/h4-7,12-15,18H,8-11H2,1-3H3. The molecule has 0 atom stereocenters. The van der Waals surface area contributed by atoms with E-state index >= 15 is 0 Å². The van der Waals surface area contributed by atoms with Crippen LogP contribution in [0.1, 0.15) is 18.4 Å². The Labute approximate surface area is 198 Å². The molecule has 0 amide bonds. The minimum atomic E-state index is -3.25. The van der Waals surface area contributed by atoms with Crippen molar-refractivity contribution in [1.82, 2.24) is 24.5 Å².